The number of nitrogens with zero attached hydrogens (tertiary/aromatic N) is 1. The van der Waals surface area contributed by atoms with Crippen molar-refractivity contribution in [1.29, 1.82) is 0 Å². The number of allylic oxidation sites excluding steroid dienone is 1. The van der Waals surface area contributed by atoms with Crippen LogP contribution in [0.4, 0.5) is 5.69 Å². The number of sulfonamides is 1. The lowest BCUT2D eigenvalue weighted by molar-refractivity contribution is -0.0697. The molecule has 0 unspecified atom stereocenters. The Hall–Kier alpha value is -2.64. The molecule has 13 heteroatoms. The summed E-state index contributed by atoms with van der Waals surface area (Å²) >= 11 is 6.40. The summed E-state index contributed by atoms with van der Waals surface area (Å²) in [5, 5.41) is 11.8. The van der Waals surface area contributed by atoms with E-state index in [9.17, 15) is 26.7 Å². The van der Waals surface area contributed by atoms with Crippen LogP contribution in [0.2, 0.25) is 5.02 Å². The minimum atomic E-state index is -4.06. The van der Waals surface area contributed by atoms with Crippen molar-refractivity contribution in [2.24, 2.45) is 17.8 Å². The van der Waals surface area contributed by atoms with Crippen molar-refractivity contribution in [3.8, 4) is 5.75 Å². The van der Waals surface area contributed by atoms with E-state index in [2.05, 4.69) is 15.7 Å². The summed E-state index contributed by atoms with van der Waals surface area (Å²) in [5.41, 5.74) is 1.23. The van der Waals surface area contributed by atoms with Gasteiger partial charge in [-0.25, -0.2) is 13.1 Å². The molecular weight excluding hydrogens is 664 g/mol. The summed E-state index contributed by atoms with van der Waals surface area (Å²) in [7, 11) is -7.90. The Labute approximate surface area is 282 Å². The van der Waals surface area contributed by atoms with Gasteiger partial charge < -0.3 is 14.7 Å². The number of amides is 1. The van der Waals surface area contributed by atoms with Gasteiger partial charge >= 0.3 is 0 Å². The lowest BCUT2D eigenvalue weighted by atomic mass is 9.64. The molecule has 0 radical (unpaired) electrons. The third-order valence-electron chi connectivity index (χ3n) is 10.8. The normalized spacial score (nSPS) is 33.0. The Morgan fingerprint density at radius 1 is 1.17 bits per heavy atom. The first-order chi connectivity index (χ1) is 22.1. The van der Waals surface area contributed by atoms with Crippen molar-refractivity contribution < 1.29 is 35.7 Å². The topological polar surface area (TPSA) is 139 Å². The van der Waals surface area contributed by atoms with E-state index < -0.39 is 49.4 Å². The largest absolute Gasteiger partial charge is 0.490 e. The quantitative estimate of drug-likeness (QED) is 0.347. The van der Waals surface area contributed by atoms with Gasteiger partial charge in [0.25, 0.3) is 16.0 Å². The molecular formula is C34H43ClN2O8S2. The Bertz CT molecular complexity index is 1800. The number of aryl methyl sites for hydroxylation is 1. The second kappa shape index (κ2) is 12.7. The molecule has 1 spiro atoms. The second-order valence-corrected chi connectivity index (χ2v) is 18.1. The van der Waals surface area contributed by atoms with Crippen LogP contribution in [-0.2, 0) is 36.2 Å². The predicted octanol–water partition coefficient (Wildman–Crippen LogP) is 4.59. The molecule has 2 heterocycles. The summed E-state index contributed by atoms with van der Waals surface area (Å²) in [5.74, 6) is -0.901. The van der Waals surface area contributed by atoms with E-state index in [0.29, 0.717) is 42.6 Å². The molecule has 2 aromatic rings. The number of halogens is 1. The summed E-state index contributed by atoms with van der Waals surface area (Å²) in [4.78, 5) is 15.6. The minimum Gasteiger partial charge on any atom is -0.490 e. The van der Waals surface area contributed by atoms with Gasteiger partial charge in [0.2, 0.25) is 10.0 Å². The van der Waals surface area contributed by atoms with Crippen LogP contribution in [0.25, 0.3) is 0 Å². The van der Waals surface area contributed by atoms with Gasteiger partial charge in [-0.15, -0.1) is 0 Å². The van der Waals surface area contributed by atoms with Crippen molar-refractivity contribution >= 4 is 43.3 Å². The van der Waals surface area contributed by atoms with Gasteiger partial charge in [0.15, 0.2) is 0 Å². The van der Waals surface area contributed by atoms with Crippen molar-refractivity contribution in [2.45, 2.75) is 68.6 Å². The van der Waals surface area contributed by atoms with E-state index in [4.69, 9.17) is 20.5 Å². The van der Waals surface area contributed by atoms with Crippen LogP contribution in [-0.4, -0.2) is 71.3 Å². The Balaban J connectivity index is 1.45. The summed E-state index contributed by atoms with van der Waals surface area (Å²) in [6, 6.07) is 11.0. The van der Waals surface area contributed by atoms with Gasteiger partial charge in [0.05, 0.1) is 30.4 Å². The molecule has 256 valence electrons. The number of benzene rings is 2. The van der Waals surface area contributed by atoms with Gasteiger partial charge in [-0.1, -0.05) is 36.7 Å². The van der Waals surface area contributed by atoms with Crippen LogP contribution < -0.4 is 14.4 Å². The Morgan fingerprint density at radius 2 is 1.96 bits per heavy atom. The second-order valence-electron chi connectivity index (χ2n) is 14.0. The van der Waals surface area contributed by atoms with Gasteiger partial charge in [-0.2, -0.15) is 8.42 Å². The van der Waals surface area contributed by atoms with Crippen molar-refractivity contribution in [3.05, 3.63) is 70.3 Å². The molecule has 2 aliphatic heterocycles. The number of hydrogen-bond donors (Lipinski definition) is 2. The highest BCUT2D eigenvalue weighted by molar-refractivity contribution is 7.90. The molecule has 0 aromatic heterocycles. The number of hydrogen-bond acceptors (Lipinski definition) is 9. The molecule has 1 amide bonds. The van der Waals surface area contributed by atoms with E-state index in [1.165, 1.54) is 11.1 Å². The number of rotatable bonds is 3. The number of nitrogens with one attached hydrogen (secondary N) is 1. The highest BCUT2D eigenvalue weighted by Crippen LogP contribution is 2.48. The molecule has 1 fully saturated rings. The third kappa shape index (κ3) is 6.94. The van der Waals surface area contributed by atoms with Crippen LogP contribution >= 0.6 is 11.6 Å². The molecule has 2 aliphatic carbocycles. The molecule has 10 nitrogen and oxygen atoms in total. The average molecular weight is 707 g/mol. The zero-order valence-electron chi connectivity index (χ0n) is 26.9. The number of aliphatic hydroxyl groups is 1. The fourth-order valence-electron chi connectivity index (χ4n) is 7.73. The van der Waals surface area contributed by atoms with E-state index in [0.717, 1.165) is 31.9 Å². The molecule has 2 aromatic carbocycles. The molecule has 6 rings (SSSR count). The highest BCUT2D eigenvalue weighted by Gasteiger charge is 2.48. The minimum absolute atomic E-state index is 0.0359. The number of carbonyl (C=O) groups is 1. The lowest BCUT2D eigenvalue weighted by Gasteiger charge is -2.49. The smallest absolute Gasteiger partial charge is 0.264 e. The maximum absolute atomic E-state index is 13.4. The van der Waals surface area contributed by atoms with Crippen molar-refractivity contribution in [3.63, 3.8) is 0 Å². The van der Waals surface area contributed by atoms with E-state index in [1.54, 1.807) is 44.2 Å². The first kappa shape index (κ1) is 34.2. The maximum Gasteiger partial charge on any atom is 0.264 e. The van der Waals surface area contributed by atoms with Crippen LogP contribution in [0.1, 0.15) is 67.4 Å². The summed E-state index contributed by atoms with van der Waals surface area (Å²) < 4.78 is 64.7. The molecule has 4 aliphatic rings. The van der Waals surface area contributed by atoms with Crippen LogP contribution in [0.5, 0.6) is 5.75 Å². The predicted molar refractivity (Wildman–Crippen MR) is 181 cm³/mol. The molecule has 2 N–H and O–H groups in total. The number of fused-ring (bicyclic) bond motifs is 4. The van der Waals surface area contributed by atoms with Gasteiger partial charge in [-0.3, -0.25) is 8.98 Å². The molecule has 2 bridgehead atoms. The SMILES string of the molecule is C[C@@H]1[C@@H](C)C/C=C/[C@@](O)(COS(C)(=O)=O)[C@@H]2CC[C@H]2CN2C[C@@]3(CCCc4cc(Cl)ccc43)COc3ccc(cc32)C(=O)NS1(=O)=O. The van der Waals surface area contributed by atoms with Gasteiger partial charge in [0.1, 0.15) is 11.4 Å². The van der Waals surface area contributed by atoms with E-state index in [1.807, 2.05) is 12.1 Å². The van der Waals surface area contributed by atoms with Gasteiger partial charge in [-0.05, 0) is 105 Å². The Kier molecular flexibility index (Phi) is 9.23. The monoisotopic (exact) mass is 706 g/mol. The van der Waals surface area contributed by atoms with Crippen LogP contribution in [0.15, 0.2) is 48.6 Å². The van der Waals surface area contributed by atoms with Crippen molar-refractivity contribution in [2.75, 3.05) is 37.5 Å². The highest BCUT2D eigenvalue weighted by atomic mass is 35.5. The molecule has 1 saturated carbocycles. The third-order valence-corrected chi connectivity index (χ3v) is 13.5. The zero-order chi connectivity index (χ0) is 33.8. The standard InChI is InChI=1S/C34H43ClN2O8S2/c1-22-6-4-15-34(39,21-45-46(3,40)41)29-11-8-26(29)18-37-19-33(14-5-7-24-16-27(35)10-12-28(24)33)20-44-31-13-9-25(17-30(31)37)32(38)36-47(42,43)23(22)2/h4,9-10,12-13,15-17,22-23,26,29,39H,5-8,11,14,18-21H2,1-3H3,(H,36,38)/b15-4+/t22-,23+,26-,29+,33-,34+/m0/s1. The fraction of sp³-hybridized carbons (Fsp3) is 0.559. The maximum atomic E-state index is 13.4. The first-order valence-corrected chi connectivity index (χ1v) is 19.9. The Morgan fingerprint density at radius 3 is 2.68 bits per heavy atom. The van der Waals surface area contributed by atoms with Gasteiger partial charge in [0, 0.05) is 29.1 Å². The summed E-state index contributed by atoms with van der Waals surface area (Å²) in [6.07, 6.45) is 8.70. The number of carbonyl (C=O) groups excluding carboxylic acids is 1. The number of ether oxygens (including phenoxy) is 1. The average Bonchev–Trinajstić information content (AvgIpc) is 3.13. The summed E-state index contributed by atoms with van der Waals surface area (Å²) in [6.45, 7) is 4.32. The van der Waals surface area contributed by atoms with E-state index in [-0.39, 0.29) is 29.2 Å². The number of anilines is 1. The zero-order valence-corrected chi connectivity index (χ0v) is 29.3. The van der Waals surface area contributed by atoms with Crippen LogP contribution in [0, 0.1) is 17.8 Å². The fourth-order valence-corrected chi connectivity index (χ4v) is 9.61. The van der Waals surface area contributed by atoms with Crippen molar-refractivity contribution in [1.82, 2.24) is 4.72 Å². The van der Waals surface area contributed by atoms with E-state index >= 15 is 0 Å². The molecule has 0 saturated heterocycles. The lowest BCUT2D eigenvalue weighted by Crippen LogP contribution is -2.54. The molecule has 6 atom stereocenters. The molecule has 47 heavy (non-hydrogen) atoms. The van der Waals surface area contributed by atoms with Crippen LogP contribution in [0.3, 0.4) is 0 Å². The first-order valence-electron chi connectivity index (χ1n) is 16.2.